The third-order valence-electron chi connectivity index (χ3n) is 7.20. The number of imidazole rings is 1. The van der Waals surface area contributed by atoms with Crippen LogP contribution in [0.3, 0.4) is 0 Å². The first kappa shape index (κ1) is 23.5. The second kappa shape index (κ2) is 11.0. The smallest absolute Gasteiger partial charge is 0.249 e. The van der Waals surface area contributed by atoms with E-state index in [9.17, 15) is 9.59 Å². The lowest BCUT2D eigenvalue weighted by Gasteiger charge is -2.35. The Bertz CT molecular complexity index is 1150. The molecule has 1 aliphatic heterocycles. The van der Waals surface area contributed by atoms with Crippen molar-refractivity contribution in [1.82, 2.24) is 19.8 Å². The van der Waals surface area contributed by atoms with Crippen molar-refractivity contribution in [2.75, 3.05) is 6.61 Å². The molecule has 35 heavy (non-hydrogen) atoms. The van der Waals surface area contributed by atoms with Crippen LogP contribution < -0.4 is 5.32 Å². The topological polar surface area (TPSA) is 76.5 Å². The van der Waals surface area contributed by atoms with Crippen molar-refractivity contribution in [3.63, 3.8) is 0 Å². The van der Waals surface area contributed by atoms with Crippen molar-refractivity contribution < 1.29 is 14.3 Å². The Kier molecular flexibility index (Phi) is 7.42. The lowest BCUT2D eigenvalue weighted by Crippen LogP contribution is -2.43. The second-order valence-electron chi connectivity index (χ2n) is 9.62. The van der Waals surface area contributed by atoms with Crippen LogP contribution >= 0.6 is 0 Å². The van der Waals surface area contributed by atoms with Gasteiger partial charge in [0.1, 0.15) is 18.5 Å². The molecule has 2 aromatic carbocycles. The highest BCUT2D eigenvalue weighted by molar-refractivity contribution is 5.82. The van der Waals surface area contributed by atoms with E-state index in [1.54, 1.807) is 0 Å². The van der Waals surface area contributed by atoms with Crippen LogP contribution in [0, 0.1) is 0 Å². The van der Waals surface area contributed by atoms with Crippen molar-refractivity contribution in [2.45, 2.75) is 76.7 Å². The molecule has 184 valence electrons. The lowest BCUT2D eigenvalue weighted by molar-refractivity contribution is -0.135. The third-order valence-corrected chi connectivity index (χ3v) is 7.20. The van der Waals surface area contributed by atoms with Crippen molar-refractivity contribution >= 4 is 22.8 Å². The number of nitrogens with one attached hydrogen (secondary N) is 1. The van der Waals surface area contributed by atoms with Crippen LogP contribution in [0.15, 0.2) is 54.6 Å². The molecule has 1 aromatic heterocycles. The summed E-state index contributed by atoms with van der Waals surface area (Å²) in [5.41, 5.74) is 2.88. The number of amides is 2. The van der Waals surface area contributed by atoms with Gasteiger partial charge in [-0.25, -0.2) is 4.98 Å². The van der Waals surface area contributed by atoms with Crippen molar-refractivity contribution in [3.8, 4) is 0 Å². The number of para-hydroxylation sites is 2. The van der Waals surface area contributed by atoms with Crippen LogP contribution in [0.5, 0.6) is 0 Å². The third kappa shape index (κ3) is 5.56. The molecule has 2 heterocycles. The zero-order chi connectivity index (χ0) is 24.0. The average molecular weight is 475 g/mol. The van der Waals surface area contributed by atoms with E-state index in [1.165, 1.54) is 6.42 Å². The van der Waals surface area contributed by atoms with Gasteiger partial charge in [0.2, 0.25) is 11.8 Å². The lowest BCUT2D eigenvalue weighted by atomic mass is 9.93. The number of fused-ring (bicyclic) bond motifs is 1. The molecule has 0 radical (unpaired) electrons. The van der Waals surface area contributed by atoms with Gasteiger partial charge in [-0.1, -0.05) is 61.7 Å². The summed E-state index contributed by atoms with van der Waals surface area (Å²) in [5.74, 6) is 0.671. The maximum Gasteiger partial charge on any atom is 0.249 e. The predicted octanol–water partition coefficient (Wildman–Crippen LogP) is 4.19. The van der Waals surface area contributed by atoms with Gasteiger partial charge < -0.3 is 19.5 Å². The largest absolute Gasteiger partial charge is 0.368 e. The highest BCUT2D eigenvalue weighted by atomic mass is 16.5. The molecule has 0 spiro atoms. The molecular formula is C28H34N4O3. The molecule has 2 aliphatic rings. The summed E-state index contributed by atoms with van der Waals surface area (Å²) in [6.07, 6.45) is 6.93. The van der Waals surface area contributed by atoms with E-state index < -0.39 is 0 Å². The molecule has 1 saturated heterocycles. The van der Waals surface area contributed by atoms with E-state index in [-0.39, 0.29) is 37.0 Å². The highest BCUT2D eigenvalue weighted by Crippen LogP contribution is 2.25. The first-order chi connectivity index (χ1) is 17.2. The van der Waals surface area contributed by atoms with Gasteiger partial charge >= 0.3 is 0 Å². The van der Waals surface area contributed by atoms with Crippen LogP contribution in [-0.4, -0.2) is 45.0 Å². The van der Waals surface area contributed by atoms with Crippen LogP contribution in [-0.2, 0) is 34.0 Å². The van der Waals surface area contributed by atoms with Gasteiger partial charge in [-0.2, -0.15) is 0 Å². The van der Waals surface area contributed by atoms with Crippen molar-refractivity contribution in [1.29, 1.82) is 0 Å². The highest BCUT2D eigenvalue weighted by Gasteiger charge is 2.28. The van der Waals surface area contributed by atoms with E-state index in [1.807, 2.05) is 47.0 Å². The fourth-order valence-electron chi connectivity index (χ4n) is 5.32. The van der Waals surface area contributed by atoms with E-state index in [0.717, 1.165) is 55.1 Å². The number of nitrogens with zero attached hydrogens (tertiary/aromatic N) is 3. The number of aromatic nitrogens is 2. The Morgan fingerprint density at radius 3 is 2.51 bits per heavy atom. The first-order valence-corrected chi connectivity index (χ1v) is 12.9. The summed E-state index contributed by atoms with van der Waals surface area (Å²) >= 11 is 0. The van der Waals surface area contributed by atoms with Gasteiger partial charge in [-0.15, -0.1) is 0 Å². The van der Waals surface area contributed by atoms with Crippen LogP contribution in [0.1, 0.15) is 56.3 Å². The number of carbonyl (C=O) groups is 2. The molecule has 7 nitrogen and oxygen atoms in total. The van der Waals surface area contributed by atoms with Gasteiger partial charge in [0.15, 0.2) is 0 Å². The Morgan fingerprint density at radius 1 is 0.971 bits per heavy atom. The Morgan fingerprint density at radius 2 is 1.74 bits per heavy atom. The van der Waals surface area contributed by atoms with Crippen molar-refractivity contribution in [3.05, 3.63) is 66.0 Å². The normalized spacial score (nSPS) is 18.6. The molecular weight excluding hydrogens is 440 g/mol. The summed E-state index contributed by atoms with van der Waals surface area (Å²) in [5, 5.41) is 2.98. The molecule has 7 heteroatoms. The average Bonchev–Trinajstić information content (AvgIpc) is 3.56. The molecule has 2 fully saturated rings. The Hall–Kier alpha value is -3.19. The van der Waals surface area contributed by atoms with Gasteiger partial charge in [0.25, 0.3) is 0 Å². The zero-order valence-electron chi connectivity index (χ0n) is 20.2. The standard InChI is InChI=1S/C28H34N4O3/c33-27(31(22-12-5-2-6-13-22)19-21-10-3-1-4-11-21)20-32-24-15-8-7-14-23(24)30-26(32)18-29-28(34)25-16-9-17-35-25/h1,3-4,7-8,10-11,14-15,22,25H,2,5-6,9,12-13,16-20H2,(H,29,34). The van der Waals surface area contributed by atoms with Crippen molar-refractivity contribution in [2.24, 2.45) is 0 Å². The number of benzene rings is 2. The van der Waals surface area contributed by atoms with E-state index >= 15 is 0 Å². The van der Waals surface area contributed by atoms with Crippen LogP contribution in [0.2, 0.25) is 0 Å². The number of rotatable bonds is 8. The molecule has 2 amide bonds. The van der Waals surface area contributed by atoms with E-state index in [0.29, 0.717) is 19.0 Å². The summed E-state index contributed by atoms with van der Waals surface area (Å²) in [6, 6.07) is 18.3. The molecule has 1 unspecified atom stereocenters. The number of hydrogen-bond donors (Lipinski definition) is 1. The quantitative estimate of drug-likeness (QED) is 0.531. The minimum Gasteiger partial charge on any atom is -0.368 e. The monoisotopic (exact) mass is 474 g/mol. The fourth-order valence-corrected chi connectivity index (χ4v) is 5.32. The summed E-state index contributed by atoms with van der Waals surface area (Å²) < 4.78 is 7.48. The SMILES string of the molecule is O=C(NCc1nc2ccccc2n1CC(=O)N(Cc1ccccc1)C1CCCCC1)C1CCCO1. The number of carbonyl (C=O) groups excluding carboxylic acids is 2. The Labute approximate surface area is 206 Å². The predicted molar refractivity (Wildman–Crippen MR) is 134 cm³/mol. The van der Waals surface area contributed by atoms with E-state index in [4.69, 9.17) is 9.72 Å². The van der Waals surface area contributed by atoms with Gasteiger partial charge in [-0.05, 0) is 43.4 Å². The van der Waals surface area contributed by atoms with Crippen LogP contribution in [0.4, 0.5) is 0 Å². The second-order valence-corrected chi connectivity index (χ2v) is 9.62. The molecule has 5 rings (SSSR count). The molecule has 1 saturated carbocycles. The van der Waals surface area contributed by atoms with Gasteiger partial charge in [0, 0.05) is 19.2 Å². The first-order valence-electron chi connectivity index (χ1n) is 12.9. The fraction of sp³-hybridized carbons (Fsp3) is 0.464. The molecule has 3 aromatic rings. The number of hydrogen-bond acceptors (Lipinski definition) is 4. The molecule has 0 bridgehead atoms. The molecule has 1 atom stereocenters. The van der Waals surface area contributed by atoms with Gasteiger partial charge in [-0.3, -0.25) is 9.59 Å². The minimum atomic E-state index is -0.387. The summed E-state index contributed by atoms with van der Waals surface area (Å²) in [7, 11) is 0. The van der Waals surface area contributed by atoms with E-state index in [2.05, 4.69) is 22.3 Å². The Balaban J connectivity index is 1.38. The summed E-state index contributed by atoms with van der Waals surface area (Å²) in [4.78, 5) is 33.2. The maximum absolute atomic E-state index is 13.8. The molecule has 1 aliphatic carbocycles. The van der Waals surface area contributed by atoms with Crippen LogP contribution in [0.25, 0.3) is 11.0 Å². The summed E-state index contributed by atoms with van der Waals surface area (Å²) in [6.45, 7) is 1.71. The number of ether oxygens (including phenoxy) is 1. The van der Waals surface area contributed by atoms with Gasteiger partial charge in [0.05, 0.1) is 17.6 Å². The minimum absolute atomic E-state index is 0.0932. The maximum atomic E-state index is 13.8. The molecule has 1 N–H and O–H groups in total. The zero-order valence-corrected chi connectivity index (χ0v) is 20.2.